The first kappa shape index (κ1) is 18.4. The Kier molecular flexibility index (Phi) is 4.79. The van der Waals surface area contributed by atoms with Crippen LogP contribution < -0.4 is 4.90 Å². The Bertz CT molecular complexity index is 1150. The maximum Gasteiger partial charge on any atom is 0.269 e. The van der Waals surface area contributed by atoms with E-state index in [2.05, 4.69) is 0 Å². The summed E-state index contributed by atoms with van der Waals surface area (Å²) in [6.45, 7) is 1.98. The fraction of sp³-hybridized carbons (Fsp3) is 0.0417. The zero-order valence-electron chi connectivity index (χ0n) is 15.8. The molecule has 1 heterocycles. The largest absolute Gasteiger partial charge is 0.276 e. The number of anilines is 1. The quantitative estimate of drug-likeness (QED) is 0.346. The van der Waals surface area contributed by atoms with Gasteiger partial charge in [0.15, 0.2) is 0 Å². The molecule has 0 aromatic heterocycles. The van der Waals surface area contributed by atoms with Crippen molar-refractivity contribution in [3.63, 3.8) is 0 Å². The number of nitrogens with zero attached hydrogens (tertiary/aromatic N) is 2. The van der Waals surface area contributed by atoms with Crippen LogP contribution in [0.5, 0.6) is 0 Å². The van der Waals surface area contributed by atoms with Crippen LogP contribution in [0.25, 0.3) is 11.8 Å². The Morgan fingerprint density at radius 2 is 1.55 bits per heavy atom. The molecular formula is C24H18N2O3. The van der Waals surface area contributed by atoms with Gasteiger partial charge in [-0.15, -0.1) is 0 Å². The third kappa shape index (κ3) is 3.58. The predicted octanol–water partition coefficient (Wildman–Crippen LogP) is 5.37. The lowest BCUT2D eigenvalue weighted by Gasteiger charge is -2.22. The Morgan fingerprint density at radius 1 is 0.897 bits per heavy atom. The van der Waals surface area contributed by atoms with Gasteiger partial charge in [0.1, 0.15) is 0 Å². The third-order valence-corrected chi connectivity index (χ3v) is 4.84. The second kappa shape index (κ2) is 7.56. The third-order valence-electron chi connectivity index (χ3n) is 4.84. The summed E-state index contributed by atoms with van der Waals surface area (Å²) in [7, 11) is 0. The standard InChI is InChI=1S/C24H18N2O3/c1-17-7-5-6-10-22(17)25-23(19-8-3-2-4-9-19)16-20(24(25)27)15-18-11-13-21(14-12-18)26(28)29/h2-16H,1H3/b20-15+. The number of nitro groups is 1. The van der Waals surface area contributed by atoms with Crippen molar-refractivity contribution >= 4 is 29.1 Å². The summed E-state index contributed by atoms with van der Waals surface area (Å²) in [4.78, 5) is 25.5. The summed E-state index contributed by atoms with van der Waals surface area (Å²) in [6.07, 6.45) is 3.62. The van der Waals surface area contributed by atoms with Gasteiger partial charge in [0.2, 0.25) is 0 Å². The first-order valence-electron chi connectivity index (χ1n) is 9.18. The molecule has 1 aliphatic rings. The van der Waals surface area contributed by atoms with Gasteiger partial charge in [-0.05, 0) is 54.0 Å². The fourth-order valence-electron chi connectivity index (χ4n) is 3.36. The van der Waals surface area contributed by atoms with Gasteiger partial charge in [0.05, 0.1) is 16.3 Å². The predicted molar refractivity (Wildman–Crippen MR) is 114 cm³/mol. The van der Waals surface area contributed by atoms with Gasteiger partial charge in [-0.2, -0.15) is 0 Å². The molecule has 1 aliphatic heterocycles. The highest BCUT2D eigenvalue weighted by Crippen LogP contribution is 2.36. The van der Waals surface area contributed by atoms with Crippen molar-refractivity contribution in [3.05, 3.63) is 117 Å². The van der Waals surface area contributed by atoms with Gasteiger partial charge in [0, 0.05) is 17.7 Å². The highest BCUT2D eigenvalue weighted by molar-refractivity contribution is 6.23. The Morgan fingerprint density at radius 3 is 2.21 bits per heavy atom. The van der Waals surface area contributed by atoms with E-state index < -0.39 is 4.92 Å². The zero-order chi connectivity index (χ0) is 20.4. The van der Waals surface area contributed by atoms with Crippen LogP contribution in [-0.2, 0) is 4.79 Å². The van der Waals surface area contributed by atoms with Crippen LogP contribution in [0.4, 0.5) is 11.4 Å². The normalized spacial score (nSPS) is 14.9. The number of hydrogen-bond acceptors (Lipinski definition) is 3. The van der Waals surface area contributed by atoms with Crippen LogP contribution >= 0.6 is 0 Å². The van der Waals surface area contributed by atoms with E-state index in [1.165, 1.54) is 12.1 Å². The molecular weight excluding hydrogens is 364 g/mol. The number of nitro benzene ring substituents is 1. The number of aryl methyl sites for hydroxylation is 1. The molecule has 5 heteroatoms. The number of benzene rings is 3. The van der Waals surface area contributed by atoms with E-state index in [9.17, 15) is 14.9 Å². The second-order valence-corrected chi connectivity index (χ2v) is 6.77. The van der Waals surface area contributed by atoms with Crippen LogP contribution in [0.1, 0.15) is 16.7 Å². The van der Waals surface area contributed by atoms with Gasteiger partial charge in [-0.1, -0.05) is 48.5 Å². The van der Waals surface area contributed by atoms with Crippen LogP contribution in [-0.4, -0.2) is 10.8 Å². The molecule has 29 heavy (non-hydrogen) atoms. The summed E-state index contributed by atoms with van der Waals surface area (Å²) in [6, 6.07) is 23.7. The maximum absolute atomic E-state index is 13.3. The van der Waals surface area contributed by atoms with E-state index in [0.717, 1.165) is 28.1 Å². The van der Waals surface area contributed by atoms with Crippen LogP contribution in [0.2, 0.25) is 0 Å². The Balaban J connectivity index is 1.80. The molecule has 0 N–H and O–H groups in total. The molecule has 1 amide bonds. The molecule has 0 saturated heterocycles. The van der Waals surface area contributed by atoms with Crippen molar-refractivity contribution in [3.8, 4) is 0 Å². The number of amides is 1. The SMILES string of the molecule is Cc1ccccc1N1C(=O)/C(=C/c2ccc([N+](=O)[O-])cc2)C=C1c1ccccc1. The van der Waals surface area contributed by atoms with Crippen LogP contribution in [0.15, 0.2) is 90.5 Å². The van der Waals surface area contributed by atoms with E-state index in [-0.39, 0.29) is 11.6 Å². The maximum atomic E-state index is 13.3. The van der Waals surface area contributed by atoms with Crippen LogP contribution in [0.3, 0.4) is 0 Å². The van der Waals surface area contributed by atoms with E-state index in [0.29, 0.717) is 5.57 Å². The molecule has 4 rings (SSSR count). The molecule has 0 bridgehead atoms. The lowest BCUT2D eigenvalue weighted by molar-refractivity contribution is -0.384. The fourth-order valence-corrected chi connectivity index (χ4v) is 3.36. The molecule has 142 valence electrons. The molecule has 0 unspecified atom stereocenters. The molecule has 0 fully saturated rings. The molecule has 5 nitrogen and oxygen atoms in total. The van der Waals surface area contributed by atoms with E-state index in [1.54, 1.807) is 23.1 Å². The highest BCUT2D eigenvalue weighted by Gasteiger charge is 2.31. The lowest BCUT2D eigenvalue weighted by Crippen LogP contribution is -2.25. The van der Waals surface area contributed by atoms with Crippen molar-refractivity contribution in [1.29, 1.82) is 0 Å². The number of hydrogen-bond donors (Lipinski definition) is 0. The molecule has 3 aromatic rings. The van der Waals surface area contributed by atoms with E-state index >= 15 is 0 Å². The van der Waals surface area contributed by atoms with Gasteiger partial charge in [0.25, 0.3) is 11.6 Å². The summed E-state index contributed by atoms with van der Waals surface area (Å²) >= 11 is 0. The van der Waals surface area contributed by atoms with Crippen molar-refractivity contribution in [1.82, 2.24) is 0 Å². The topological polar surface area (TPSA) is 63.5 Å². The Hall–Kier alpha value is -3.99. The summed E-state index contributed by atoms with van der Waals surface area (Å²) in [5.74, 6) is -0.128. The molecule has 0 spiro atoms. The van der Waals surface area contributed by atoms with E-state index in [4.69, 9.17) is 0 Å². The Labute approximate surface area is 168 Å². The lowest BCUT2D eigenvalue weighted by atomic mass is 10.1. The van der Waals surface area contributed by atoms with Crippen molar-refractivity contribution in [2.75, 3.05) is 4.90 Å². The van der Waals surface area contributed by atoms with Crippen LogP contribution in [0, 0.1) is 17.0 Å². The second-order valence-electron chi connectivity index (χ2n) is 6.77. The number of non-ortho nitro benzene ring substituents is 1. The average Bonchev–Trinajstić information content (AvgIpc) is 3.05. The minimum Gasteiger partial charge on any atom is -0.276 e. The molecule has 0 aliphatic carbocycles. The van der Waals surface area contributed by atoms with Gasteiger partial charge in [-0.25, -0.2) is 0 Å². The number of rotatable bonds is 4. The van der Waals surface area contributed by atoms with Crippen molar-refractivity contribution in [2.45, 2.75) is 6.92 Å². The number of carbonyl (C=O) groups excluding carboxylic acids is 1. The summed E-state index contributed by atoms with van der Waals surface area (Å²) in [5, 5.41) is 10.9. The molecule has 0 atom stereocenters. The first-order valence-corrected chi connectivity index (χ1v) is 9.18. The van der Waals surface area contributed by atoms with Gasteiger partial charge in [-0.3, -0.25) is 19.8 Å². The smallest absolute Gasteiger partial charge is 0.269 e. The average molecular weight is 382 g/mol. The first-order chi connectivity index (χ1) is 14.0. The minimum absolute atomic E-state index is 0.0203. The highest BCUT2D eigenvalue weighted by atomic mass is 16.6. The zero-order valence-corrected chi connectivity index (χ0v) is 15.8. The number of carbonyl (C=O) groups is 1. The van der Waals surface area contributed by atoms with E-state index in [1.807, 2.05) is 67.6 Å². The van der Waals surface area contributed by atoms with Gasteiger partial charge < -0.3 is 0 Å². The number of para-hydroxylation sites is 1. The van der Waals surface area contributed by atoms with Gasteiger partial charge >= 0.3 is 0 Å². The summed E-state index contributed by atoms with van der Waals surface area (Å²) < 4.78 is 0. The minimum atomic E-state index is -0.440. The molecule has 3 aromatic carbocycles. The molecule has 0 radical (unpaired) electrons. The van der Waals surface area contributed by atoms with Crippen molar-refractivity contribution < 1.29 is 9.72 Å². The monoisotopic (exact) mass is 382 g/mol. The van der Waals surface area contributed by atoms with Crippen molar-refractivity contribution in [2.24, 2.45) is 0 Å². The molecule has 0 saturated carbocycles. The summed E-state index contributed by atoms with van der Waals surface area (Å²) in [5.41, 5.74) is 4.86.